The largest absolute Gasteiger partial charge is 0.379 e. The summed E-state index contributed by atoms with van der Waals surface area (Å²) in [6, 6.07) is 16.6. The monoisotopic (exact) mass is 439 g/mol. The third-order valence-electron chi connectivity index (χ3n) is 4.35. The van der Waals surface area contributed by atoms with Gasteiger partial charge in [0.25, 0.3) is 5.91 Å². The van der Waals surface area contributed by atoms with Gasteiger partial charge in [-0.05, 0) is 79.6 Å². The van der Waals surface area contributed by atoms with Crippen molar-refractivity contribution in [2.75, 3.05) is 10.6 Å². The number of nitrogens with one attached hydrogen (secondary N) is 2. The Morgan fingerprint density at radius 1 is 0.839 bits per heavy atom. The highest BCUT2D eigenvalue weighted by molar-refractivity contribution is 7.87. The fourth-order valence-corrected chi connectivity index (χ4v) is 4.04. The molecule has 0 aromatic heterocycles. The predicted molar refractivity (Wildman–Crippen MR) is 118 cm³/mol. The van der Waals surface area contributed by atoms with Gasteiger partial charge in [-0.25, -0.2) is 4.79 Å². The first-order valence-electron chi connectivity index (χ1n) is 9.24. The molecule has 3 rings (SSSR count). The van der Waals surface area contributed by atoms with Gasteiger partial charge in [0, 0.05) is 16.9 Å². The van der Waals surface area contributed by atoms with E-state index in [9.17, 15) is 18.0 Å². The second kappa shape index (κ2) is 8.88. The summed E-state index contributed by atoms with van der Waals surface area (Å²) in [6.45, 7) is 3.49. The average molecular weight is 439 g/mol. The molecule has 3 aromatic rings. The maximum absolute atomic E-state index is 12.6. The number of aryl methyl sites for hydroxylation is 2. The van der Waals surface area contributed by atoms with Crippen LogP contribution in [0, 0.1) is 13.8 Å². The number of amides is 3. The van der Waals surface area contributed by atoms with Crippen LogP contribution in [0.15, 0.2) is 71.6 Å². The van der Waals surface area contributed by atoms with Crippen LogP contribution in [0.5, 0.6) is 5.75 Å². The maximum Gasteiger partial charge on any atom is 0.339 e. The number of hydrogen-bond acceptors (Lipinski definition) is 5. The molecule has 0 aliphatic heterocycles. The van der Waals surface area contributed by atoms with Crippen LogP contribution in [0.2, 0.25) is 0 Å². The van der Waals surface area contributed by atoms with E-state index < -0.39 is 16.1 Å². The van der Waals surface area contributed by atoms with E-state index in [1.807, 2.05) is 6.07 Å². The normalized spacial score (nSPS) is 10.9. The van der Waals surface area contributed by atoms with Crippen LogP contribution in [0.25, 0.3) is 0 Å². The van der Waals surface area contributed by atoms with Crippen LogP contribution in [0.3, 0.4) is 0 Å². The lowest BCUT2D eigenvalue weighted by atomic mass is 10.2. The summed E-state index contributed by atoms with van der Waals surface area (Å²) in [4.78, 5) is 23.4. The first-order chi connectivity index (χ1) is 14.6. The number of urea groups is 1. The van der Waals surface area contributed by atoms with Crippen LogP contribution >= 0.6 is 0 Å². The van der Waals surface area contributed by atoms with Gasteiger partial charge in [0.2, 0.25) is 0 Å². The number of anilines is 2. The Bertz CT molecular complexity index is 1220. The minimum absolute atomic E-state index is 0.0966. The number of nitrogens with two attached hydrogens (primary N) is 1. The smallest absolute Gasteiger partial charge is 0.339 e. The zero-order chi connectivity index (χ0) is 22.6. The molecule has 8 nitrogen and oxygen atoms in total. The lowest BCUT2D eigenvalue weighted by Crippen LogP contribution is -2.19. The van der Waals surface area contributed by atoms with Crippen LogP contribution < -0.4 is 20.6 Å². The zero-order valence-electron chi connectivity index (χ0n) is 16.9. The van der Waals surface area contributed by atoms with Gasteiger partial charge >= 0.3 is 16.1 Å². The topological polar surface area (TPSA) is 128 Å². The molecular weight excluding hydrogens is 418 g/mol. The average Bonchev–Trinajstić information content (AvgIpc) is 2.71. The fraction of sp³-hybridized carbons (Fsp3) is 0.0909. The van der Waals surface area contributed by atoms with E-state index in [1.165, 1.54) is 24.3 Å². The van der Waals surface area contributed by atoms with Crippen molar-refractivity contribution in [3.63, 3.8) is 0 Å². The highest BCUT2D eigenvalue weighted by Gasteiger charge is 2.19. The van der Waals surface area contributed by atoms with Crippen molar-refractivity contribution in [3.05, 3.63) is 83.4 Å². The Labute approximate surface area is 180 Å². The van der Waals surface area contributed by atoms with Gasteiger partial charge in [-0.15, -0.1) is 0 Å². The van der Waals surface area contributed by atoms with Gasteiger partial charge in [0.1, 0.15) is 10.6 Å². The fourth-order valence-electron chi connectivity index (χ4n) is 2.79. The molecule has 4 N–H and O–H groups in total. The molecule has 0 saturated heterocycles. The molecule has 9 heteroatoms. The molecule has 0 unspecified atom stereocenters. The SMILES string of the molecule is Cc1ccc(C)c(S(=O)(=O)Oc2ccc(C(=O)Nc3ccc(NC(N)=O)cc3)cc2)c1. The molecule has 0 heterocycles. The minimum Gasteiger partial charge on any atom is -0.379 e. The van der Waals surface area contributed by atoms with E-state index in [0.717, 1.165) is 5.56 Å². The van der Waals surface area contributed by atoms with Crippen LogP contribution in [0.4, 0.5) is 16.2 Å². The Hall–Kier alpha value is -3.85. The third-order valence-corrected chi connectivity index (χ3v) is 5.74. The second-order valence-electron chi connectivity index (χ2n) is 6.85. The summed E-state index contributed by atoms with van der Waals surface area (Å²) in [6.07, 6.45) is 0. The molecule has 0 atom stereocenters. The van der Waals surface area contributed by atoms with E-state index >= 15 is 0 Å². The van der Waals surface area contributed by atoms with Crippen molar-refractivity contribution in [2.45, 2.75) is 18.7 Å². The Morgan fingerprint density at radius 2 is 1.42 bits per heavy atom. The van der Waals surface area contributed by atoms with Crippen molar-refractivity contribution in [1.82, 2.24) is 0 Å². The van der Waals surface area contributed by atoms with Crippen molar-refractivity contribution in [1.29, 1.82) is 0 Å². The third kappa shape index (κ3) is 5.61. The van der Waals surface area contributed by atoms with Crippen LogP contribution in [-0.4, -0.2) is 20.4 Å². The molecule has 0 radical (unpaired) electrons. The predicted octanol–water partition coefficient (Wildman–Crippen LogP) is 3.81. The maximum atomic E-state index is 12.6. The first kappa shape index (κ1) is 21.8. The number of hydrogen-bond donors (Lipinski definition) is 3. The van der Waals surface area contributed by atoms with Crippen LogP contribution in [0.1, 0.15) is 21.5 Å². The molecule has 0 aliphatic rings. The zero-order valence-corrected chi connectivity index (χ0v) is 17.7. The second-order valence-corrected chi connectivity index (χ2v) is 8.37. The van der Waals surface area contributed by atoms with Crippen molar-refractivity contribution >= 4 is 33.4 Å². The summed E-state index contributed by atoms with van der Waals surface area (Å²) < 4.78 is 30.4. The van der Waals surface area contributed by atoms with Crippen molar-refractivity contribution in [2.24, 2.45) is 5.73 Å². The summed E-state index contributed by atoms with van der Waals surface area (Å²) in [7, 11) is -4.00. The van der Waals surface area contributed by atoms with Crippen molar-refractivity contribution in [3.8, 4) is 5.75 Å². The molecule has 0 aliphatic carbocycles. The van der Waals surface area contributed by atoms with Gasteiger partial charge < -0.3 is 20.6 Å². The Balaban J connectivity index is 1.68. The number of carbonyl (C=O) groups is 2. The lowest BCUT2D eigenvalue weighted by Gasteiger charge is -2.11. The van der Waals surface area contributed by atoms with Gasteiger partial charge in [-0.2, -0.15) is 8.42 Å². The van der Waals surface area contributed by atoms with E-state index in [1.54, 1.807) is 50.2 Å². The molecule has 3 aromatic carbocycles. The molecule has 3 amide bonds. The molecule has 31 heavy (non-hydrogen) atoms. The highest BCUT2D eigenvalue weighted by atomic mass is 32.2. The van der Waals surface area contributed by atoms with E-state index in [4.69, 9.17) is 9.92 Å². The number of rotatable bonds is 6. The van der Waals surface area contributed by atoms with Gasteiger partial charge in [-0.3, -0.25) is 4.79 Å². The summed E-state index contributed by atoms with van der Waals surface area (Å²) >= 11 is 0. The summed E-state index contributed by atoms with van der Waals surface area (Å²) in [5.74, 6) is -0.293. The molecule has 0 fully saturated rings. The molecular formula is C22H21N3O5S. The van der Waals surface area contributed by atoms with E-state index in [0.29, 0.717) is 22.5 Å². The molecule has 0 spiro atoms. The van der Waals surface area contributed by atoms with E-state index in [2.05, 4.69) is 10.6 Å². The van der Waals surface area contributed by atoms with Gasteiger partial charge in [-0.1, -0.05) is 12.1 Å². The van der Waals surface area contributed by atoms with Crippen molar-refractivity contribution < 1.29 is 22.2 Å². The highest BCUT2D eigenvalue weighted by Crippen LogP contribution is 2.23. The number of carbonyl (C=O) groups excluding carboxylic acids is 2. The molecule has 0 saturated carbocycles. The standard InChI is InChI=1S/C22H21N3O5S/c1-14-3-4-15(2)20(13-14)31(28,29)30-19-11-5-16(6-12-19)21(26)24-17-7-9-18(10-8-17)25-22(23)27/h3-13H,1-2H3,(H,24,26)(H3,23,25,27). The molecule has 160 valence electrons. The lowest BCUT2D eigenvalue weighted by molar-refractivity contribution is 0.102. The quantitative estimate of drug-likeness (QED) is 0.503. The Morgan fingerprint density at radius 3 is 2.00 bits per heavy atom. The van der Waals surface area contributed by atoms with Gasteiger partial charge in [0.15, 0.2) is 0 Å². The number of benzene rings is 3. The summed E-state index contributed by atoms with van der Waals surface area (Å²) in [5, 5.41) is 5.13. The minimum atomic E-state index is -4.00. The molecule has 0 bridgehead atoms. The van der Waals surface area contributed by atoms with Crippen LogP contribution in [-0.2, 0) is 10.1 Å². The first-order valence-corrected chi connectivity index (χ1v) is 10.6. The summed E-state index contributed by atoms with van der Waals surface area (Å²) in [5.41, 5.74) is 7.76. The Kier molecular flexibility index (Phi) is 6.26. The van der Waals surface area contributed by atoms with E-state index in [-0.39, 0.29) is 16.6 Å². The van der Waals surface area contributed by atoms with Gasteiger partial charge in [0.05, 0.1) is 0 Å². The number of primary amides is 1.